The highest BCUT2D eigenvalue weighted by molar-refractivity contribution is 6.05. The van der Waals surface area contributed by atoms with E-state index < -0.39 is 0 Å². The van der Waals surface area contributed by atoms with Gasteiger partial charge in [0, 0.05) is 49.1 Å². The number of anilines is 6. The summed E-state index contributed by atoms with van der Waals surface area (Å²) in [7, 11) is 0. The van der Waals surface area contributed by atoms with Gasteiger partial charge in [0.25, 0.3) is 11.5 Å². The number of ether oxygens (including phenoxy) is 1. The lowest BCUT2D eigenvalue weighted by Crippen LogP contribution is -2.44. The number of pyridine rings is 1. The molecule has 3 aliphatic rings. The summed E-state index contributed by atoms with van der Waals surface area (Å²) in [5.41, 5.74) is 6.87. The molecule has 1 N–H and O–H groups in total. The molecule has 2 aromatic heterocycles. The van der Waals surface area contributed by atoms with Crippen molar-refractivity contribution in [3.63, 3.8) is 0 Å². The predicted molar refractivity (Wildman–Crippen MR) is 161 cm³/mol. The fourth-order valence-corrected chi connectivity index (χ4v) is 6.15. The molecule has 4 bridgehead atoms. The predicted octanol–water partition coefficient (Wildman–Crippen LogP) is 3.91. The number of hydrogen-bond acceptors (Lipinski definition) is 8. The molecule has 4 aromatic rings. The van der Waals surface area contributed by atoms with Crippen LogP contribution in [0.25, 0.3) is 11.0 Å². The standard InChI is InChI=1S/C31H31N7O3/c1-3-27(39)37-12-11-36(24-6-4-5-20(2)28(24)37)26-17-22-19-32-31-33-23-8-7-21-9-10-35(25(21)18-23)13-15-41-16-14-38(30(26)40)29(22)34-31/h3-8,17-19H,1,9-16H2,2H3,(H,32,33,34). The fourth-order valence-electron chi connectivity index (χ4n) is 6.15. The van der Waals surface area contributed by atoms with Crippen LogP contribution in [0.3, 0.4) is 0 Å². The van der Waals surface area contributed by atoms with Crippen LogP contribution in [-0.4, -0.2) is 59.8 Å². The number of nitrogens with zero attached hydrogens (tertiary/aromatic N) is 6. The average molecular weight is 550 g/mol. The molecular formula is C31H31N7O3. The molecule has 208 valence electrons. The SMILES string of the molecule is C=CC(=O)N1CCN(c2cc3cnc4nc3n(c2=O)CCOCCN2CCc3ccc(cc32)N4)c2cccc(C)c21. The Hall–Kier alpha value is -4.70. The summed E-state index contributed by atoms with van der Waals surface area (Å²) in [4.78, 5) is 42.3. The van der Waals surface area contributed by atoms with Gasteiger partial charge in [0.2, 0.25) is 5.95 Å². The maximum absolute atomic E-state index is 14.2. The van der Waals surface area contributed by atoms with Gasteiger partial charge < -0.3 is 24.8 Å². The maximum Gasteiger partial charge on any atom is 0.276 e. The second-order valence-corrected chi connectivity index (χ2v) is 10.6. The quantitative estimate of drug-likeness (QED) is 0.376. The van der Waals surface area contributed by atoms with E-state index in [9.17, 15) is 9.59 Å². The molecule has 0 fully saturated rings. The van der Waals surface area contributed by atoms with Gasteiger partial charge in [-0.1, -0.05) is 24.8 Å². The van der Waals surface area contributed by atoms with Crippen LogP contribution in [0.1, 0.15) is 11.1 Å². The number of benzene rings is 2. The number of aryl methyl sites for hydroxylation is 1. The lowest BCUT2D eigenvalue weighted by molar-refractivity contribution is -0.114. The van der Waals surface area contributed by atoms with Gasteiger partial charge in [0.1, 0.15) is 11.3 Å². The largest absolute Gasteiger partial charge is 0.378 e. The van der Waals surface area contributed by atoms with Gasteiger partial charge in [0.05, 0.1) is 31.1 Å². The lowest BCUT2D eigenvalue weighted by Gasteiger charge is -2.38. The number of amides is 1. The minimum absolute atomic E-state index is 0.162. The monoisotopic (exact) mass is 549 g/mol. The third-order valence-electron chi connectivity index (χ3n) is 8.16. The van der Waals surface area contributed by atoms with Crippen molar-refractivity contribution in [3.05, 3.63) is 82.8 Å². The first-order chi connectivity index (χ1) is 20.0. The average Bonchev–Trinajstić information content (AvgIpc) is 3.39. The van der Waals surface area contributed by atoms with Crippen molar-refractivity contribution in [1.29, 1.82) is 0 Å². The molecule has 10 heteroatoms. The van der Waals surface area contributed by atoms with Gasteiger partial charge in [-0.05, 0) is 54.8 Å². The second-order valence-electron chi connectivity index (χ2n) is 10.6. The molecule has 0 saturated carbocycles. The van der Waals surface area contributed by atoms with E-state index in [2.05, 4.69) is 33.9 Å². The Bertz CT molecular complexity index is 1770. The van der Waals surface area contributed by atoms with Crippen LogP contribution >= 0.6 is 0 Å². The molecule has 0 saturated heterocycles. The fraction of sp³-hybridized carbons (Fsp3) is 0.290. The first-order valence-corrected chi connectivity index (χ1v) is 14.0. The molecule has 0 aliphatic carbocycles. The zero-order valence-corrected chi connectivity index (χ0v) is 23.0. The highest BCUT2D eigenvalue weighted by Crippen LogP contribution is 2.40. The molecule has 41 heavy (non-hydrogen) atoms. The third kappa shape index (κ3) is 4.31. The zero-order chi connectivity index (χ0) is 28.1. The van der Waals surface area contributed by atoms with Crippen molar-refractivity contribution in [3.8, 4) is 0 Å². The molecule has 1 amide bonds. The van der Waals surface area contributed by atoms with E-state index in [1.165, 1.54) is 17.3 Å². The summed E-state index contributed by atoms with van der Waals surface area (Å²) >= 11 is 0. The Morgan fingerprint density at radius 1 is 1.02 bits per heavy atom. The molecule has 3 aliphatic heterocycles. The van der Waals surface area contributed by atoms with Crippen LogP contribution < -0.4 is 25.6 Å². The molecule has 0 unspecified atom stereocenters. The van der Waals surface area contributed by atoms with Crippen LogP contribution in [0.15, 0.2) is 66.1 Å². The molecule has 2 aromatic carbocycles. The van der Waals surface area contributed by atoms with Gasteiger partial charge in [-0.2, -0.15) is 4.98 Å². The number of rotatable bonds is 2. The maximum atomic E-state index is 14.2. The van der Waals surface area contributed by atoms with E-state index in [-0.39, 0.29) is 11.5 Å². The van der Waals surface area contributed by atoms with Crippen molar-refractivity contribution >= 4 is 51.3 Å². The highest BCUT2D eigenvalue weighted by atomic mass is 16.5. The van der Waals surface area contributed by atoms with E-state index in [0.717, 1.165) is 47.5 Å². The summed E-state index contributed by atoms with van der Waals surface area (Å²) in [5.74, 6) is 0.268. The zero-order valence-electron chi connectivity index (χ0n) is 23.0. The molecule has 10 nitrogen and oxygen atoms in total. The molecule has 0 radical (unpaired) electrons. The minimum atomic E-state index is -0.167. The van der Waals surface area contributed by atoms with Crippen molar-refractivity contribution in [1.82, 2.24) is 14.5 Å². The van der Waals surface area contributed by atoms with Crippen LogP contribution in [0, 0.1) is 6.92 Å². The number of carbonyl (C=O) groups excluding carboxylic acids is 1. The minimum Gasteiger partial charge on any atom is -0.378 e. The van der Waals surface area contributed by atoms with Crippen LogP contribution in [-0.2, 0) is 22.5 Å². The lowest BCUT2D eigenvalue weighted by atomic mass is 10.1. The molecule has 5 heterocycles. The third-order valence-corrected chi connectivity index (χ3v) is 8.16. The highest BCUT2D eigenvalue weighted by Gasteiger charge is 2.30. The number of aromatic nitrogens is 3. The Balaban J connectivity index is 1.34. The smallest absolute Gasteiger partial charge is 0.276 e. The topological polar surface area (TPSA) is 95.8 Å². The summed E-state index contributed by atoms with van der Waals surface area (Å²) in [5, 5.41) is 4.09. The van der Waals surface area contributed by atoms with Crippen molar-refractivity contribution in [2.75, 3.05) is 59.4 Å². The Morgan fingerprint density at radius 2 is 1.90 bits per heavy atom. The second kappa shape index (κ2) is 10.0. The van der Waals surface area contributed by atoms with Crippen molar-refractivity contribution in [2.24, 2.45) is 0 Å². The van der Waals surface area contributed by atoms with Gasteiger partial charge in [-0.25, -0.2) is 4.98 Å². The van der Waals surface area contributed by atoms with Crippen LogP contribution in [0.5, 0.6) is 0 Å². The van der Waals surface area contributed by atoms with Crippen molar-refractivity contribution in [2.45, 2.75) is 19.9 Å². The number of carbonyl (C=O) groups is 1. The van der Waals surface area contributed by atoms with E-state index in [1.807, 2.05) is 42.2 Å². The number of hydrogen-bond donors (Lipinski definition) is 1. The Labute approximate surface area is 237 Å². The van der Waals surface area contributed by atoms with Crippen molar-refractivity contribution < 1.29 is 9.53 Å². The molecule has 0 atom stereocenters. The van der Waals surface area contributed by atoms with Gasteiger partial charge in [-0.15, -0.1) is 0 Å². The van der Waals surface area contributed by atoms with Gasteiger partial charge in [-0.3, -0.25) is 14.2 Å². The van der Waals surface area contributed by atoms with Gasteiger partial charge >= 0.3 is 0 Å². The van der Waals surface area contributed by atoms with Crippen LogP contribution in [0.4, 0.5) is 34.4 Å². The molecule has 7 rings (SSSR count). The molecule has 0 spiro atoms. The van der Waals surface area contributed by atoms with E-state index in [0.29, 0.717) is 50.1 Å². The van der Waals surface area contributed by atoms with Crippen LogP contribution in [0.2, 0.25) is 0 Å². The normalized spacial score (nSPS) is 16.4. The Morgan fingerprint density at radius 3 is 2.78 bits per heavy atom. The summed E-state index contributed by atoms with van der Waals surface area (Å²) in [6.07, 6.45) is 4.10. The first kappa shape index (κ1) is 25.3. The summed E-state index contributed by atoms with van der Waals surface area (Å²) in [6, 6.07) is 14.0. The Kier molecular flexibility index (Phi) is 6.19. The number of nitrogens with one attached hydrogen (secondary N) is 1. The van der Waals surface area contributed by atoms with E-state index in [4.69, 9.17) is 9.72 Å². The summed E-state index contributed by atoms with van der Waals surface area (Å²) in [6.45, 7) is 9.58. The molecular weight excluding hydrogens is 518 g/mol. The number of para-hydroxylation sites is 1. The van der Waals surface area contributed by atoms with E-state index >= 15 is 0 Å². The van der Waals surface area contributed by atoms with Gasteiger partial charge in [0.15, 0.2) is 0 Å². The van der Waals surface area contributed by atoms with E-state index in [1.54, 1.807) is 15.7 Å². The first-order valence-electron chi connectivity index (χ1n) is 14.0. The number of fused-ring (bicyclic) bond motifs is 3. The summed E-state index contributed by atoms with van der Waals surface area (Å²) < 4.78 is 7.73.